The summed E-state index contributed by atoms with van der Waals surface area (Å²) in [4.78, 5) is 0. The van der Waals surface area contributed by atoms with Gasteiger partial charge in [-0.1, -0.05) is 42.5 Å². The molecular weight excluding hydrogens is 286 g/mol. The molecule has 0 bridgehead atoms. The third-order valence-electron chi connectivity index (χ3n) is 3.67. The van der Waals surface area contributed by atoms with Crippen LogP contribution < -0.4 is 15.2 Å². The van der Waals surface area contributed by atoms with Crippen molar-refractivity contribution in [2.75, 3.05) is 12.8 Å². The van der Waals surface area contributed by atoms with Crippen LogP contribution in [0.1, 0.15) is 5.56 Å². The largest absolute Gasteiger partial charge is 0.497 e. The molecule has 3 heteroatoms. The Kier molecular flexibility index (Phi) is 4.48. The standard InChI is InChI=1S/C20H19NO2/c1-22-17-9-7-16(8-10-17)19-12-11-18(13-20(19)21)23-14-15-5-3-2-4-6-15/h2-13H,14,21H2,1H3. The second-order valence-electron chi connectivity index (χ2n) is 5.25. The lowest BCUT2D eigenvalue weighted by atomic mass is 10.0. The summed E-state index contributed by atoms with van der Waals surface area (Å²) in [5.41, 5.74) is 10.0. The Balaban J connectivity index is 1.74. The fourth-order valence-electron chi connectivity index (χ4n) is 2.40. The Morgan fingerprint density at radius 3 is 2.17 bits per heavy atom. The predicted molar refractivity (Wildman–Crippen MR) is 93.6 cm³/mol. The summed E-state index contributed by atoms with van der Waals surface area (Å²) >= 11 is 0. The molecule has 0 aliphatic rings. The molecule has 3 aromatic carbocycles. The van der Waals surface area contributed by atoms with E-state index in [4.69, 9.17) is 15.2 Å². The Bertz CT molecular complexity index is 767. The highest BCUT2D eigenvalue weighted by molar-refractivity contribution is 5.77. The van der Waals surface area contributed by atoms with Gasteiger partial charge in [0.05, 0.1) is 7.11 Å². The smallest absolute Gasteiger partial charge is 0.121 e. The first kappa shape index (κ1) is 15.0. The maximum Gasteiger partial charge on any atom is 0.121 e. The number of hydrogen-bond donors (Lipinski definition) is 1. The summed E-state index contributed by atoms with van der Waals surface area (Å²) in [5, 5.41) is 0. The van der Waals surface area contributed by atoms with Crippen LogP contribution in [0.15, 0.2) is 72.8 Å². The van der Waals surface area contributed by atoms with Crippen molar-refractivity contribution in [1.29, 1.82) is 0 Å². The number of nitrogens with two attached hydrogens (primary N) is 1. The number of hydrogen-bond acceptors (Lipinski definition) is 3. The second kappa shape index (κ2) is 6.88. The highest BCUT2D eigenvalue weighted by Gasteiger charge is 2.05. The molecule has 0 aromatic heterocycles. The topological polar surface area (TPSA) is 44.5 Å². The first-order chi connectivity index (χ1) is 11.3. The molecule has 0 aliphatic carbocycles. The highest BCUT2D eigenvalue weighted by atomic mass is 16.5. The second-order valence-corrected chi connectivity index (χ2v) is 5.25. The molecule has 2 N–H and O–H groups in total. The molecule has 0 fully saturated rings. The summed E-state index contributed by atoms with van der Waals surface area (Å²) in [7, 11) is 1.65. The van der Waals surface area contributed by atoms with Crippen molar-refractivity contribution in [2.24, 2.45) is 0 Å². The molecule has 23 heavy (non-hydrogen) atoms. The van der Waals surface area contributed by atoms with Crippen molar-refractivity contribution in [2.45, 2.75) is 6.61 Å². The van der Waals surface area contributed by atoms with Crippen molar-refractivity contribution in [1.82, 2.24) is 0 Å². The van der Waals surface area contributed by atoms with Crippen LogP contribution in [0.2, 0.25) is 0 Å². The minimum Gasteiger partial charge on any atom is -0.497 e. The van der Waals surface area contributed by atoms with E-state index in [0.29, 0.717) is 12.3 Å². The van der Waals surface area contributed by atoms with Gasteiger partial charge in [0.15, 0.2) is 0 Å². The van der Waals surface area contributed by atoms with Gasteiger partial charge in [0.1, 0.15) is 18.1 Å². The number of rotatable bonds is 5. The molecule has 3 rings (SSSR count). The maximum atomic E-state index is 6.18. The average Bonchev–Trinajstić information content (AvgIpc) is 2.61. The van der Waals surface area contributed by atoms with E-state index in [2.05, 4.69) is 0 Å². The lowest BCUT2D eigenvalue weighted by molar-refractivity contribution is 0.306. The minimum atomic E-state index is 0.530. The van der Waals surface area contributed by atoms with E-state index < -0.39 is 0 Å². The van der Waals surface area contributed by atoms with E-state index in [0.717, 1.165) is 28.2 Å². The van der Waals surface area contributed by atoms with Gasteiger partial charge in [-0.15, -0.1) is 0 Å². The van der Waals surface area contributed by atoms with Gasteiger partial charge in [0.2, 0.25) is 0 Å². The molecule has 0 saturated heterocycles. The summed E-state index contributed by atoms with van der Waals surface area (Å²) < 4.78 is 11.0. The van der Waals surface area contributed by atoms with Crippen molar-refractivity contribution in [3.63, 3.8) is 0 Å². The molecule has 116 valence electrons. The minimum absolute atomic E-state index is 0.530. The van der Waals surface area contributed by atoms with Crippen molar-refractivity contribution >= 4 is 5.69 Å². The lowest BCUT2D eigenvalue weighted by Crippen LogP contribution is -1.97. The van der Waals surface area contributed by atoms with E-state index in [-0.39, 0.29) is 0 Å². The van der Waals surface area contributed by atoms with E-state index in [1.807, 2.05) is 72.8 Å². The van der Waals surface area contributed by atoms with Crippen LogP contribution in [0.3, 0.4) is 0 Å². The fourth-order valence-corrected chi connectivity index (χ4v) is 2.40. The predicted octanol–water partition coefficient (Wildman–Crippen LogP) is 4.52. The van der Waals surface area contributed by atoms with Crippen LogP contribution >= 0.6 is 0 Å². The normalized spacial score (nSPS) is 10.3. The molecule has 0 atom stereocenters. The Morgan fingerprint density at radius 2 is 1.52 bits per heavy atom. The van der Waals surface area contributed by atoms with Crippen LogP contribution in [0.5, 0.6) is 11.5 Å². The van der Waals surface area contributed by atoms with Crippen molar-refractivity contribution in [3.8, 4) is 22.6 Å². The van der Waals surface area contributed by atoms with Crippen molar-refractivity contribution < 1.29 is 9.47 Å². The SMILES string of the molecule is COc1ccc(-c2ccc(OCc3ccccc3)cc2N)cc1. The Labute approximate surface area is 136 Å². The zero-order chi connectivity index (χ0) is 16.1. The van der Waals surface area contributed by atoms with Crippen LogP contribution in [0.25, 0.3) is 11.1 Å². The molecule has 0 radical (unpaired) electrons. The zero-order valence-electron chi connectivity index (χ0n) is 13.0. The van der Waals surface area contributed by atoms with E-state index in [1.54, 1.807) is 7.11 Å². The first-order valence-corrected chi connectivity index (χ1v) is 7.47. The van der Waals surface area contributed by atoms with E-state index in [1.165, 1.54) is 0 Å². The molecule has 0 unspecified atom stereocenters. The van der Waals surface area contributed by atoms with Gasteiger partial charge in [-0.05, 0) is 35.4 Å². The lowest BCUT2D eigenvalue weighted by Gasteiger charge is -2.11. The molecule has 0 amide bonds. The molecule has 0 aliphatic heterocycles. The van der Waals surface area contributed by atoms with Gasteiger partial charge in [-0.3, -0.25) is 0 Å². The van der Waals surface area contributed by atoms with Crippen molar-refractivity contribution in [3.05, 3.63) is 78.4 Å². The van der Waals surface area contributed by atoms with Gasteiger partial charge in [-0.25, -0.2) is 0 Å². The van der Waals surface area contributed by atoms with Crippen LogP contribution in [0.4, 0.5) is 5.69 Å². The quantitative estimate of drug-likeness (QED) is 0.705. The van der Waals surface area contributed by atoms with Crippen LogP contribution in [0, 0.1) is 0 Å². The van der Waals surface area contributed by atoms with E-state index in [9.17, 15) is 0 Å². The molecule has 0 heterocycles. The first-order valence-electron chi connectivity index (χ1n) is 7.47. The number of benzene rings is 3. The van der Waals surface area contributed by atoms with E-state index >= 15 is 0 Å². The van der Waals surface area contributed by atoms with Gasteiger partial charge >= 0.3 is 0 Å². The van der Waals surface area contributed by atoms with Crippen LogP contribution in [-0.2, 0) is 6.61 Å². The number of nitrogen functional groups attached to an aromatic ring is 1. The Hall–Kier alpha value is -2.94. The summed E-state index contributed by atoms with van der Waals surface area (Å²) in [6.45, 7) is 0.530. The molecule has 3 nitrogen and oxygen atoms in total. The number of anilines is 1. The molecule has 3 aromatic rings. The Morgan fingerprint density at radius 1 is 0.826 bits per heavy atom. The average molecular weight is 305 g/mol. The summed E-state index contributed by atoms with van der Waals surface area (Å²) in [6, 6.07) is 23.7. The highest BCUT2D eigenvalue weighted by Crippen LogP contribution is 2.30. The number of methoxy groups -OCH3 is 1. The van der Waals surface area contributed by atoms with Crippen LogP contribution in [-0.4, -0.2) is 7.11 Å². The van der Waals surface area contributed by atoms with Gasteiger partial charge < -0.3 is 15.2 Å². The van der Waals surface area contributed by atoms with Gasteiger partial charge in [-0.2, -0.15) is 0 Å². The summed E-state index contributed by atoms with van der Waals surface area (Å²) in [5.74, 6) is 1.60. The third kappa shape index (κ3) is 3.64. The zero-order valence-corrected chi connectivity index (χ0v) is 13.0. The third-order valence-corrected chi connectivity index (χ3v) is 3.67. The fraction of sp³-hybridized carbons (Fsp3) is 0.100. The summed E-state index contributed by atoms with van der Waals surface area (Å²) in [6.07, 6.45) is 0. The van der Waals surface area contributed by atoms with Gasteiger partial charge in [0, 0.05) is 17.3 Å². The molecular formula is C20H19NO2. The maximum absolute atomic E-state index is 6.18. The molecule has 0 saturated carbocycles. The monoisotopic (exact) mass is 305 g/mol. The van der Waals surface area contributed by atoms with Gasteiger partial charge in [0.25, 0.3) is 0 Å². The number of ether oxygens (including phenoxy) is 2. The molecule has 0 spiro atoms.